The fraction of sp³-hybridized carbons (Fsp3) is 0.278. The SMILES string of the molecule is CN1CCN(c2cc(N/N=C/c3c[nH]c4ccccc34)ncn2)CC1. The van der Waals surface area contributed by atoms with Gasteiger partial charge in [0, 0.05) is 54.9 Å². The monoisotopic (exact) mass is 335 g/mol. The molecule has 0 amide bonds. The summed E-state index contributed by atoms with van der Waals surface area (Å²) in [5.41, 5.74) is 5.14. The van der Waals surface area contributed by atoms with Gasteiger partial charge in [-0.1, -0.05) is 18.2 Å². The van der Waals surface area contributed by atoms with Gasteiger partial charge in [-0.25, -0.2) is 9.97 Å². The molecular weight excluding hydrogens is 314 g/mol. The molecule has 128 valence electrons. The number of fused-ring (bicyclic) bond motifs is 1. The number of hydrogen-bond donors (Lipinski definition) is 2. The van der Waals surface area contributed by atoms with E-state index in [-0.39, 0.29) is 0 Å². The summed E-state index contributed by atoms with van der Waals surface area (Å²) in [6.45, 7) is 4.05. The number of nitrogens with zero attached hydrogens (tertiary/aromatic N) is 5. The van der Waals surface area contributed by atoms with Gasteiger partial charge in [-0.15, -0.1) is 0 Å². The van der Waals surface area contributed by atoms with Gasteiger partial charge in [-0.05, 0) is 13.1 Å². The molecule has 0 bridgehead atoms. The summed E-state index contributed by atoms with van der Waals surface area (Å²) < 4.78 is 0. The van der Waals surface area contributed by atoms with Crippen LogP contribution in [0.3, 0.4) is 0 Å². The van der Waals surface area contributed by atoms with Crippen LogP contribution in [0.15, 0.2) is 48.0 Å². The number of benzene rings is 1. The first-order valence-electron chi connectivity index (χ1n) is 8.40. The lowest BCUT2D eigenvalue weighted by Gasteiger charge is -2.33. The summed E-state index contributed by atoms with van der Waals surface area (Å²) in [6.07, 6.45) is 5.33. The van der Waals surface area contributed by atoms with Crippen molar-refractivity contribution in [2.75, 3.05) is 43.6 Å². The first kappa shape index (κ1) is 15.6. The normalized spacial score (nSPS) is 16.0. The summed E-state index contributed by atoms with van der Waals surface area (Å²) in [6, 6.07) is 10.1. The van der Waals surface area contributed by atoms with Crippen LogP contribution >= 0.6 is 0 Å². The number of para-hydroxylation sites is 1. The van der Waals surface area contributed by atoms with Crippen LogP contribution in [0.5, 0.6) is 0 Å². The molecular formula is C18H21N7. The molecule has 7 nitrogen and oxygen atoms in total. The number of hydrogen-bond acceptors (Lipinski definition) is 6. The van der Waals surface area contributed by atoms with Gasteiger partial charge in [-0.3, -0.25) is 5.43 Å². The molecule has 0 aliphatic carbocycles. The van der Waals surface area contributed by atoms with E-state index in [0.717, 1.165) is 48.5 Å². The summed E-state index contributed by atoms with van der Waals surface area (Å²) in [4.78, 5) is 16.5. The van der Waals surface area contributed by atoms with E-state index in [9.17, 15) is 0 Å². The van der Waals surface area contributed by atoms with Crippen molar-refractivity contribution in [3.63, 3.8) is 0 Å². The third kappa shape index (κ3) is 3.46. The maximum atomic E-state index is 4.39. The van der Waals surface area contributed by atoms with Gasteiger partial charge in [0.1, 0.15) is 12.1 Å². The molecule has 2 N–H and O–H groups in total. The Morgan fingerprint density at radius 2 is 2.00 bits per heavy atom. The van der Waals surface area contributed by atoms with Crippen LogP contribution in [0.4, 0.5) is 11.6 Å². The molecule has 1 fully saturated rings. The topological polar surface area (TPSA) is 72.4 Å². The molecule has 1 aliphatic rings. The highest BCUT2D eigenvalue weighted by Crippen LogP contribution is 2.17. The number of likely N-dealkylation sites (N-methyl/N-ethyl adjacent to an activating group) is 1. The summed E-state index contributed by atoms with van der Waals surface area (Å²) >= 11 is 0. The predicted molar refractivity (Wildman–Crippen MR) is 101 cm³/mol. The summed E-state index contributed by atoms with van der Waals surface area (Å²) in [5.74, 6) is 1.63. The Labute approximate surface area is 146 Å². The van der Waals surface area contributed by atoms with Crippen molar-refractivity contribution in [3.05, 3.63) is 48.4 Å². The molecule has 0 unspecified atom stereocenters. The Bertz CT molecular complexity index is 878. The Hall–Kier alpha value is -2.93. The fourth-order valence-electron chi connectivity index (χ4n) is 2.99. The average Bonchev–Trinajstić information content (AvgIpc) is 3.06. The van der Waals surface area contributed by atoms with Crippen molar-refractivity contribution >= 4 is 28.8 Å². The number of hydrazone groups is 1. The predicted octanol–water partition coefficient (Wildman–Crippen LogP) is 2.16. The van der Waals surface area contributed by atoms with E-state index in [4.69, 9.17) is 0 Å². The van der Waals surface area contributed by atoms with Gasteiger partial charge in [0.15, 0.2) is 5.82 Å². The zero-order chi connectivity index (χ0) is 17.1. The second-order valence-electron chi connectivity index (χ2n) is 6.21. The van der Waals surface area contributed by atoms with Gasteiger partial charge < -0.3 is 14.8 Å². The molecule has 1 saturated heterocycles. The van der Waals surface area contributed by atoms with E-state index in [1.807, 2.05) is 30.5 Å². The highest BCUT2D eigenvalue weighted by molar-refractivity contribution is 5.99. The lowest BCUT2D eigenvalue weighted by Crippen LogP contribution is -2.44. The molecule has 0 atom stereocenters. The first-order chi connectivity index (χ1) is 12.3. The van der Waals surface area contributed by atoms with Crippen LogP contribution in [0.25, 0.3) is 10.9 Å². The summed E-state index contributed by atoms with van der Waals surface area (Å²) in [5, 5.41) is 5.47. The van der Waals surface area contributed by atoms with Crippen molar-refractivity contribution in [2.24, 2.45) is 5.10 Å². The van der Waals surface area contributed by atoms with Crippen LogP contribution in [-0.2, 0) is 0 Å². The van der Waals surface area contributed by atoms with Gasteiger partial charge >= 0.3 is 0 Å². The largest absolute Gasteiger partial charge is 0.361 e. The van der Waals surface area contributed by atoms with E-state index < -0.39 is 0 Å². The van der Waals surface area contributed by atoms with Crippen molar-refractivity contribution in [2.45, 2.75) is 0 Å². The number of rotatable bonds is 4. The number of aromatic amines is 1. The van der Waals surface area contributed by atoms with Gasteiger partial charge in [-0.2, -0.15) is 5.10 Å². The molecule has 0 saturated carbocycles. The van der Waals surface area contributed by atoms with Crippen molar-refractivity contribution < 1.29 is 0 Å². The second-order valence-corrected chi connectivity index (χ2v) is 6.21. The number of nitrogens with one attached hydrogen (secondary N) is 2. The Morgan fingerprint density at radius 3 is 2.88 bits per heavy atom. The molecule has 2 aromatic heterocycles. The van der Waals surface area contributed by atoms with Crippen LogP contribution in [0.1, 0.15) is 5.56 Å². The maximum absolute atomic E-state index is 4.39. The minimum atomic E-state index is 0.694. The molecule has 25 heavy (non-hydrogen) atoms. The lowest BCUT2D eigenvalue weighted by molar-refractivity contribution is 0.312. The number of aromatic nitrogens is 3. The van der Waals surface area contributed by atoms with Gasteiger partial charge in [0.05, 0.1) is 6.21 Å². The van der Waals surface area contributed by atoms with Gasteiger partial charge in [0.2, 0.25) is 0 Å². The zero-order valence-electron chi connectivity index (χ0n) is 14.2. The summed E-state index contributed by atoms with van der Waals surface area (Å²) in [7, 11) is 2.14. The fourth-order valence-corrected chi connectivity index (χ4v) is 2.99. The zero-order valence-corrected chi connectivity index (χ0v) is 14.2. The van der Waals surface area contributed by atoms with Gasteiger partial charge in [0.25, 0.3) is 0 Å². The second kappa shape index (κ2) is 6.90. The van der Waals surface area contributed by atoms with Crippen molar-refractivity contribution in [1.29, 1.82) is 0 Å². The molecule has 4 rings (SSSR count). The first-order valence-corrected chi connectivity index (χ1v) is 8.40. The molecule has 1 aliphatic heterocycles. The van der Waals surface area contributed by atoms with E-state index in [1.165, 1.54) is 0 Å². The molecule has 1 aromatic carbocycles. The third-order valence-electron chi connectivity index (χ3n) is 4.48. The Balaban J connectivity index is 1.45. The van der Waals surface area contributed by atoms with E-state index >= 15 is 0 Å². The van der Waals surface area contributed by atoms with E-state index in [2.05, 4.69) is 48.4 Å². The standard InChI is InChI=1S/C18H21N7/c1-24-6-8-25(9-7-24)18-10-17(20-13-21-18)23-22-12-14-11-19-16-5-3-2-4-15(14)16/h2-5,10-13,19H,6-9H2,1H3,(H,20,21,23)/b22-12+. The van der Waals surface area contributed by atoms with E-state index in [1.54, 1.807) is 12.5 Å². The van der Waals surface area contributed by atoms with Crippen molar-refractivity contribution in [3.8, 4) is 0 Å². The van der Waals surface area contributed by atoms with Crippen LogP contribution < -0.4 is 10.3 Å². The van der Waals surface area contributed by atoms with Crippen LogP contribution in [-0.4, -0.2) is 59.3 Å². The highest BCUT2D eigenvalue weighted by atomic mass is 15.3. The molecule has 7 heteroatoms. The number of H-pyrrole nitrogens is 1. The molecule has 3 aromatic rings. The lowest BCUT2D eigenvalue weighted by atomic mass is 10.2. The maximum Gasteiger partial charge on any atom is 0.151 e. The molecule has 0 spiro atoms. The average molecular weight is 335 g/mol. The minimum Gasteiger partial charge on any atom is -0.361 e. The Kier molecular flexibility index (Phi) is 4.30. The minimum absolute atomic E-state index is 0.694. The van der Waals surface area contributed by atoms with Crippen LogP contribution in [0.2, 0.25) is 0 Å². The smallest absolute Gasteiger partial charge is 0.151 e. The number of anilines is 2. The van der Waals surface area contributed by atoms with E-state index in [0.29, 0.717) is 5.82 Å². The number of piperazine rings is 1. The van der Waals surface area contributed by atoms with Crippen molar-refractivity contribution in [1.82, 2.24) is 19.9 Å². The van der Waals surface area contributed by atoms with Crippen LogP contribution in [0, 0.1) is 0 Å². The molecule has 3 heterocycles. The third-order valence-corrected chi connectivity index (χ3v) is 4.48. The quantitative estimate of drug-likeness (QED) is 0.565. The Morgan fingerprint density at radius 1 is 1.16 bits per heavy atom. The highest BCUT2D eigenvalue weighted by Gasteiger charge is 2.15. The molecule has 0 radical (unpaired) electrons.